The molecule has 8 rings (SSSR count). The van der Waals surface area contributed by atoms with Crippen LogP contribution in [0.4, 0.5) is 11.4 Å². The molecule has 0 spiro atoms. The van der Waals surface area contributed by atoms with Crippen molar-refractivity contribution in [3.8, 4) is 40.5 Å². The molecule has 2 N–H and O–H groups in total. The first-order valence-corrected chi connectivity index (χ1v) is 24.9. The molecule has 1 fully saturated rings. The summed E-state index contributed by atoms with van der Waals surface area (Å²) in [7, 11) is 0. The maximum atomic E-state index is 6.17. The summed E-state index contributed by atoms with van der Waals surface area (Å²) in [6, 6.07) is 24.5. The van der Waals surface area contributed by atoms with Gasteiger partial charge in [0.1, 0.15) is 24.1 Å². The van der Waals surface area contributed by atoms with Crippen LogP contribution in [-0.4, -0.2) is 142 Å². The molecule has 16 heteroatoms. The van der Waals surface area contributed by atoms with E-state index in [4.69, 9.17) is 55.2 Å². The number of nitrogen functional groups attached to an aromatic ring is 1. The SMILES string of the molecule is C#CCOCCOCCOCC(COCCCOCCn1nnc2c1CCC1C(CC)C1CC2)OCCOCCOCCN1Cc2ccccc2-c2nnn(-c3ccc(N)cc3)c2-c2ccccc21. The van der Waals surface area contributed by atoms with Gasteiger partial charge in [0.2, 0.25) is 0 Å². The zero-order valence-corrected chi connectivity index (χ0v) is 40.3. The number of ether oxygens (including phenoxy) is 8. The smallest absolute Gasteiger partial charge is 0.121 e. The minimum Gasteiger partial charge on any atom is -0.399 e. The van der Waals surface area contributed by atoms with Crippen LogP contribution in [-0.2, 0) is 63.8 Å². The van der Waals surface area contributed by atoms with Gasteiger partial charge in [0, 0.05) is 48.8 Å². The van der Waals surface area contributed by atoms with Crippen LogP contribution in [0, 0.1) is 30.1 Å². The van der Waals surface area contributed by atoms with Gasteiger partial charge >= 0.3 is 0 Å². The summed E-state index contributed by atoms with van der Waals surface area (Å²) in [6.45, 7) is 11.2. The summed E-state index contributed by atoms with van der Waals surface area (Å²) in [5.41, 5.74) is 16.2. The highest BCUT2D eigenvalue weighted by Crippen LogP contribution is 2.54. The van der Waals surface area contributed by atoms with E-state index in [1.54, 1.807) is 0 Å². The number of fused-ring (bicyclic) bond motifs is 7. The van der Waals surface area contributed by atoms with Gasteiger partial charge < -0.3 is 48.5 Å². The lowest BCUT2D eigenvalue weighted by atomic mass is 9.95. The van der Waals surface area contributed by atoms with E-state index < -0.39 is 0 Å². The minimum absolute atomic E-state index is 0.266. The molecule has 0 radical (unpaired) electrons. The van der Waals surface area contributed by atoms with Crippen molar-refractivity contribution < 1.29 is 37.9 Å². The number of aromatic nitrogens is 6. The van der Waals surface area contributed by atoms with Gasteiger partial charge in [-0.15, -0.1) is 16.6 Å². The maximum absolute atomic E-state index is 6.17. The normalized spacial score (nSPS) is 17.6. The predicted molar refractivity (Wildman–Crippen MR) is 264 cm³/mol. The molecular formula is C53H70N8O8. The van der Waals surface area contributed by atoms with Crippen molar-refractivity contribution in [1.29, 1.82) is 0 Å². The Labute approximate surface area is 407 Å². The molecule has 69 heavy (non-hydrogen) atoms. The van der Waals surface area contributed by atoms with E-state index in [0.717, 1.165) is 77.5 Å². The van der Waals surface area contributed by atoms with Crippen LogP contribution < -0.4 is 10.6 Å². The van der Waals surface area contributed by atoms with E-state index in [1.165, 1.54) is 36.2 Å². The Kier molecular flexibility index (Phi) is 19.4. The number of nitrogens with two attached hydrogens (primary N) is 1. The van der Waals surface area contributed by atoms with Gasteiger partial charge in [-0.2, -0.15) is 0 Å². The molecule has 0 amide bonds. The van der Waals surface area contributed by atoms with Crippen LogP contribution in [0.5, 0.6) is 0 Å². The first-order chi connectivity index (χ1) is 34.1. The zero-order valence-electron chi connectivity index (χ0n) is 40.3. The van der Waals surface area contributed by atoms with E-state index >= 15 is 0 Å². The van der Waals surface area contributed by atoms with Crippen molar-refractivity contribution in [2.24, 2.45) is 17.8 Å². The summed E-state index contributed by atoms with van der Waals surface area (Å²) in [4.78, 5) is 2.36. The number of rotatable bonds is 30. The van der Waals surface area contributed by atoms with Crippen LogP contribution in [0.1, 0.15) is 49.6 Å². The van der Waals surface area contributed by atoms with Crippen molar-refractivity contribution in [2.75, 3.05) is 116 Å². The summed E-state index contributed by atoms with van der Waals surface area (Å²) in [6.07, 6.45) is 11.7. The Morgan fingerprint density at radius 1 is 0.681 bits per heavy atom. The summed E-state index contributed by atoms with van der Waals surface area (Å²) in [5, 5.41) is 18.4. The van der Waals surface area contributed by atoms with Gasteiger partial charge in [-0.1, -0.05) is 72.2 Å². The van der Waals surface area contributed by atoms with E-state index in [0.29, 0.717) is 111 Å². The Bertz CT molecular complexity index is 2350. The van der Waals surface area contributed by atoms with Gasteiger partial charge in [-0.05, 0) is 85.8 Å². The van der Waals surface area contributed by atoms with E-state index in [2.05, 4.69) is 80.4 Å². The first-order valence-electron chi connectivity index (χ1n) is 24.9. The molecule has 370 valence electrons. The highest BCUT2D eigenvalue weighted by molar-refractivity contribution is 5.88. The van der Waals surface area contributed by atoms with E-state index in [9.17, 15) is 0 Å². The zero-order chi connectivity index (χ0) is 47.5. The number of hydrogen-bond donors (Lipinski definition) is 1. The Morgan fingerprint density at radius 2 is 1.33 bits per heavy atom. The van der Waals surface area contributed by atoms with Crippen molar-refractivity contribution >= 4 is 11.4 Å². The molecule has 16 nitrogen and oxygen atoms in total. The number of anilines is 2. The van der Waals surface area contributed by atoms with Crippen LogP contribution in [0.2, 0.25) is 0 Å². The number of hydrogen-bond acceptors (Lipinski definition) is 14. The average Bonchev–Trinajstić information content (AvgIpc) is 3.61. The lowest BCUT2D eigenvalue weighted by molar-refractivity contribution is -0.0826. The van der Waals surface area contributed by atoms with Gasteiger partial charge in [0.05, 0.1) is 103 Å². The standard InChI is InChI=1S/C53H70N8O8/c1-3-24-62-29-31-65-33-34-68-39-43(38-67-26-9-25-63-28-23-60-51-21-19-47-44(4-2)46(47)18-20-49(51)55-57-60)69-36-35-66-32-30-64-27-22-59-37-40-10-5-6-11-45(40)52-53(48-12-7-8-13-50(48)59)61(58-56-52)42-16-14-41(54)15-17-42/h1,5-8,10-17,43-44,46-47H,4,9,18-39,54H2,2H3. The number of benzene rings is 3. The molecule has 2 aliphatic carbocycles. The summed E-state index contributed by atoms with van der Waals surface area (Å²) >= 11 is 0. The van der Waals surface area contributed by atoms with E-state index in [-0.39, 0.29) is 12.7 Å². The first kappa shape index (κ1) is 50.2. The third-order valence-corrected chi connectivity index (χ3v) is 13.3. The number of nitrogens with zero attached hydrogens (tertiary/aromatic N) is 7. The van der Waals surface area contributed by atoms with Gasteiger partial charge in [-0.3, -0.25) is 0 Å². The Hall–Kier alpha value is -5.22. The Balaban J connectivity index is 0.737. The highest BCUT2D eigenvalue weighted by Gasteiger charge is 2.48. The fourth-order valence-corrected chi connectivity index (χ4v) is 9.77. The Morgan fingerprint density at radius 3 is 2.13 bits per heavy atom. The molecule has 1 saturated carbocycles. The van der Waals surface area contributed by atoms with Crippen molar-refractivity contribution in [1.82, 2.24) is 30.0 Å². The lowest BCUT2D eigenvalue weighted by Crippen LogP contribution is -2.29. The molecule has 4 atom stereocenters. The second-order valence-electron chi connectivity index (χ2n) is 17.8. The van der Waals surface area contributed by atoms with Crippen LogP contribution in [0.3, 0.4) is 0 Å². The molecule has 5 aromatic rings. The van der Waals surface area contributed by atoms with Crippen LogP contribution in [0.15, 0.2) is 72.8 Å². The van der Waals surface area contributed by atoms with Crippen molar-refractivity contribution in [2.45, 2.75) is 64.6 Å². The fourth-order valence-electron chi connectivity index (χ4n) is 9.77. The third-order valence-electron chi connectivity index (χ3n) is 13.3. The van der Waals surface area contributed by atoms with Crippen molar-refractivity contribution in [3.05, 3.63) is 89.7 Å². The minimum atomic E-state index is -0.266. The van der Waals surface area contributed by atoms with Gasteiger partial charge in [-0.25, -0.2) is 9.36 Å². The highest BCUT2D eigenvalue weighted by atomic mass is 16.6. The average molecular weight is 947 g/mol. The quantitative estimate of drug-likeness (QED) is 0.0303. The monoisotopic (exact) mass is 947 g/mol. The molecule has 3 aromatic carbocycles. The summed E-state index contributed by atoms with van der Waals surface area (Å²) in [5.74, 6) is 5.16. The molecule has 2 aromatic heterocycles. The topological polar surface area (TPSA) is 165 Å². The summed E-state index contributed by atoms with van der Waals surface area (Å²) < 4.78 is 51.0. The molecule has 0 saturated heterocycles. The van der Waals surface area contributed by atoms with E-state index in [1.807, 2.05) is 35.0 Å². The second kappa shape index (κ2) is 26.7. The van der Waals surface area contributed by atoms with Crippen LogP contribution >= 0.6 is 0 Å². The molecule has 4 unspecified atom stereocenters. The third kappa shape index (κ3) is 14.0. The van der Waals surface area contributed by atoms with Gasteiger partial charge in [0.15, 0.2) is 0 Å². The molecule has 3 heterocycles. The maximum Gasteiger partial charge on any atom is 0.121 e. The second-order valence-corrected chi connectivity index (χ2v) is 17.8. The van der Waals surface area contributed by atoms with Crippen LogP contribution in [0.25, 0.3) is 28.2 Å². The molecule has 1 aliphatic heterocycles. The number of para-hydroxylation sites is 1. The largest absolute Gasteiger partial charge is 0.399 e. The number of aryl methyl sites for hydroxylation is 1. The molecule has 3 aliphatic rings. The lowest BCUT2D eigenvalue weighted by Gasteiger charge is -2.30. The van der Waals surface area contributed by atoms with Gasteiger partial charge in [0.25, 0.3) is 0 Å². The van der Waals surface area contributed by atoms with Crippen molar-refractivity contribution in [3.63, 3.8) is 0 Å². The molecule has 0 bridgehead atoms. The predicted octanol–water partition coefficient (Wildman–Crippen LogP) is 6.47. The molecular weight excluding hydrogens is 877 g/mol. The fraction of sp³-hybridized carbons (Fsp3) is 0.547. The number of terminal acetylenes is 1.